The summed E-state index contributed by atoms with van der Waals surface area (Å²) in [5, 5.41) is 26.9. The summed E-state index contributed by atoms with van der Waals surface area (Å²) >= 11 is 1.46. The van der Waals surface area contributed by atoms with Crippen LogP contribution >= 0.6 is 11.8 Å². The summed E-state index contributed by atoms with van der Waals surface area (Å²) in [5.74, 6) is 0.654. The van der Waals surface area contributed by atoms with Crippen molar-refractivity contribution in [1.29, 1.82) is 10.5 Å². The Balaban J connectivity index is 2.22. The molecule has 0 atom stereocenters. The minimum atomic E-state index is 0.582. The molecule has 0 saturated carbocycles. The monoisotopic (exact) mass is 280 g/mol. The Hall–Kier alpha value is -2.37. The predicted molar refractivity (Wildman–Crippen MR) is 76.9 cm³/mol. The van der Waals surface area contributed by atoms with Crippen LogP contribution < -0.4 is 0 Å². The Morgan fingerprint density at radius 2 is 1.95 bits per heavy atom. The highest BCUT2D eigenvalue weighted by molar-refractivity contribution is 7.98. The number of benzene rings is 1. The molecule has 0 unspecified atom stereocenters. The fraction of sp³-hybridized carbons (Fsp3) is 0.200. The molecule has 2 aromatic rings. The summed E-state index contributed by atoms with van der Waals surface area (Å²) in [6, 6.07) is 11.7. The van der Waals surface area contributed by atoms with Gasteiger partial charge in [0.2, 0.25) is 0 Å². The Bertz CT molecular complexity index is 726. The van der Waals surface area contributed by atoms with Crippen LogP contribution in [-0.4, -0.2) is 10.2 Å². The van der Waals surface area contributed by atoms with Gasteiger partial charge >= 0.3 is 0 Å². The second-order valence-corrected chi connectivity index (χ2v) is 5.27. The van der Waals surface area contributed by atoms with Crippen LogP contribution in [0.25, 0.3) is 0 Å². The smallest absolute Gasteiger partial charge is 0.137 e. The highest BCUT2D eigenvalue weighted by Gasteiger charge is 2.11. The van der Waals surface area contributed by atoms with Crippen LogP contribution in [0.2, 0.25) is 0 Å². The number of nitrogens with zero attached hydrogens (tertiary/aromatic N) is 4. The van der Waals surface area contributed by atoms with E-state index in [-0.39, 0.29) is 0 Å². The van der Waals surface area contributed by atoms with Crippen molar-refractivity contribution in [1.82, 2.24) is 10.2 Å². The lowest BCUT2D eigenvalue weighted by atomic mass is 10.1. The molecule has 5 heteroatoms. The standard InChI is InChI=1S/C15H12N4S/c1-10-11(2)18-19-15(14(10)8-17)20-9-13-5-3-4-12(6-13)7-16/h3-6H,9H2,1-2H3. The van der Waals surface area contributed by atoms with Gasteiger partial charge in [-0.15, -0.1) is 5.10 Å². The van der Waals surface area contributed by atoms with Crippen molar-refractivity contribution in [2.24, 2.45) is 0 Å². The van der Waals surface area contributed by atoms with Crippen LogP contribution in [0, 0.1) is 36.5 Å². The van der Waals surface area contributed by atoms with Crippen LogP contribution in [0.15, 0.2) is 29.3 Å². The van der Waals surface area contributed by atoms with Gasteiger partial charge in [0.05, 0.1) is 22.9 Å². The third-order valence-electron chi connectivity index (χ3n) is 2.97. The molecule has 20 heavy (non-hydrogen) atoms. The normalized spacial score (nSPS) is 9.80. The number of rotatable bonds is 3. The summed E-state index contributed by atoms with van der Waals surface area (Å²) in [7, 11) is 0. The minimum Gasteiger partial charge on any atom is -0.192 e. The maximum Gasteiger partial charge on any atom is 0.137 e. The Labute approximate surface area is 122 Å². The van der Waals surface area contributed by atoms with Crippen LogP contribution in [-0.2, 0) is 5.75 Å². The van der Waals surface area contributed by atoms with Crippen molar-refractivity contribution in [3.8, 4) is 12.1 Å². The van der Waals surface area contributed by atoms with Gasteiger partial charge in [0.25, 0.3) is 0 Å². The van der Waals surface area contributed by atoms with Gasteiger partial charge < -0.3 is 0 Å². The largest absolute Gasteiger partial charge is 0.192 e. The molecule has 98 valence electrons. The number of thioether (sulfide) groups is 1. The Morgan fingerprint density at radius 3 is 2.65 bits per heavy atom. The topological polar surface area (TPSA) is 73.4 Å². The lowest BCUT2D eigenvalue weighted by molar-refractivity contribution is 0.871. The molecule has 0 bridgehead atoms. The van der Waals surface area contributed by atoms with Gasteiger partial charge in [-0.3, -0.25) is 0 Å². The molecule has 0 aliphatic carbocycles. The van der Waals surface area contributed by atoms with Crippen molar-refractivity contribution in [2.45, 2.75) is 24.6 Å². The molecule has 1 aromatic carbocycles. The third kappa shape index (κ3) is 2.96. The fourth-order valence-corrected chi connectivity index (χ4v) is 2.63. The van der Waals surface area contributed by atoms with E-state index in [0.29, 0.717) is 21.9 Å². The van der Waals surface area contributed by atoms with Crippen LogP contribution in [0.1, 0.15) is 27.9 Å². The van der Waals surface area contributed by atoms with E-state index in [1.54, 1.807) is 6.07 Å². The van der Waals surface area contributed by atoms with E-state index in [4.69, 9.17) is 5.26 Å². The molecule has 0 fully saturated rings. The number of hydrogen-bond donors (Lipinski definition) is 0. The maximum absolute atomic E-state index is 9.23. The van der Waals surface area contributed by atoms with Gasteiger partial charge in [-0.25, -0.2) is 0 Å². The first kappa shape index (κ1) is 14.0. The molecule has 0 radical (unpaired) electrons. The zero-order valence-corrected chi connectivity index (χ0v) is 12.0. The molecule has 4 nitrogen and oxygen atoms in total. The molecule has 0 aliphatic heterocycles. The summed E-state index contributed by atoms with van der Waals surface area (Å²) in [6.45, 7) is 3.72. The van der Waals surface area contributed by atoms with E-state index < -0.39 is 0 Å². The molecule has 0 N–H and O–H groups in total. The van der Waals surface area contributed by atoms with E-state index in [0.717, 1.165) is 16.8 Å². The molecule has 0 spiro atoms. The SMILES string of the molecule is Cc1nnc(SCc2cccc(C#N)c2)c(C#N)c1C. The molecular formula is C15H12N4S. The minimum absolute atomic E-state index is 0.582. The third-order valence-corrected chi connectivity index (χ3v) is 4.00. The molecule has 1 aromatic heterocycles. The quantitative estimate of drug-likeness (QED) is 0.807. The molecular weight excluding hydrogens is 268 g/mol. The molecule has 0 saturated heterocycles. The van der Waals surface area contributed by atoms with Gasteiger partial charge in [0.1, 0.15) is 11.1 Å². The van der Waals surface area contributed by atoms with E-state index >= 15 is 0 Å². The first-order chi connectivity index (χ1) is 9.65. The van der Waals surface area contributed by atoms with Gasteiger partial charge in [0, 0.05) is 5.75 Å². The van der Waals surface area contributed by atoms with E-state index in [2.05, 4.69) is 22.3 Å². The van der Waals surface area contributed by atoms with E-state index in [1.807, 2.05) is 32.0 Å². The lowest BCUT2D eigenvalue weighted by Crippen LogP contribution is -1.99. The average molecular weight is 280 g/mol. The van der Waals surface area contributed by atoms with Crippen molar-refractivity contribution < 1.29 is 0 Å². The first-order valence-electron chi connectivity index (χ1n) is 6.01. The number of aromatic nitrogens is 2. The lowest BCUT2D eigenvalue weighted by Gasteiger charge is -2.06. The van der Waals surface area contributed by atoms with Gasteiger partial charge in [-0.2, -0.15) is 15.6 Å². The van der Waals surface area contributed by atoms with Gasteiger partial charge in [-0.1, -0.05) is 23.9 Å². The summed E-state index contributed by atoms with van der Waals surface area (Å²) in [5.41, 5.74) is 3.89. The number of hydrogen-bond acceptors (Lipinski definition) is 5. The molecule has 2 rings (SSSR count). The zero-order chi connectivity index (χ0) is 14.5. The van der Waals surface area contributed by atoms with Crippen LogP contribution in [0.3, 0.4) is 0 Å². The maximum atomic E-state index is 9.23. The molecule has 0 aliphatic rings. The van der Waals surface area contributed by atoms with E-state index in [1.165, 1.54) is 11.8 Å². The second-order valence-electron chi connectivity index (χ2n) is 4.30. The molecule has 0 amide bonds. The number of aryl methyl sites for hydroxylation is 1. The zero-order valence-electron chi connectivity index (χ0n) is 11.2. The van der Waals surface area contributed by atoms with Crippen molar-refractivity contribution in [2.75, 3.05) is 0 Å². The number of nitriles is 2. The molecule has 1 heterocycles. The van der Waals surface area contributed by atoms with Gasteiger partial charge in [0.15, 0.2) is 0 Å². The summed E-state index contributed by atoms with van der Waals surface area (Å²) in [4.78, 5) is 0. The van der Waals surface area contributed by atoms with Crippen molar-refractivity contribution in [3.63, 3.8) is 0 Å². The Kier molecular flexibility index (Phi) is 4.34. The summed E-state index contributed by atoms with van der Waals surface area (Å²) in [6.07, 6.45) is 0. The highest BCUT2D eigenvalue weighted by Crippen LogP contribution is 2.26. The second kappa shape index (κ2) is 6.18. The highest BCUT2D eigenvalue weighted by atomic mass is 32.2. The average Bonchev–Trinajstić information content (AvgIpc) is 2.48. The predicted octanol–water partition coefficient (Wildman–Crippen LogP) is 3.13. The Morgan fingerprint density at radius 1 is 1.15 bits per heavy atom. The summed E-state index contributed by atoms with van der Waals surface area (Å²) < 4.78 is 0. The van der Waals surface area contributed by atoms with E-state index in [9.17, 15) is 5.26 Å². The fourth-order valence-electron chi connectivity index (χ4n) is 1.70. The van der Waals surface area contributed by atoms with Crippen LogP contribution in [0.5, 0.6) is 0 Å². The first-order valence-corrected chi connectivity index (χ1v) is 7.00. The van der Waals surface area contributed by atoms with Crippen LogP contribution in [0.4, 0.5) is 0 Å². The van der Waals surface area contributed by atoms with Crippen molar-refractivity contribution >= 4 is 11.8 Å². The van der Waals surface area contributed by atoms with Crippen molar-refractivity contribution in [3.05, 3.63) is 52.2 Å². The van der Waals surface area contributed by atoms with Gasteiger partial charge in [-0.05, 0) is 37.1 Å².